The van der Waals surface area contributed by atoms with Gasteiger partial charge in [0.15, 0.2) is 14.6 Å². The van der Waals surface area contributed by atoms with E-state index in [1.165, 1.54) is 6.20 Å². The van der Waals surface area contributed by atoms with Crippen LogP contribution in [0.3, 0.4) is 0 Å². The number of amides is 3. The quantitative estimate of drug-likeness (QED) is 0.0204. The molecule has 0 bridgehead atoms. The van der Waals surface area contributed by atoms with E-state index in [1.54, 1.807) is 11.6 Å². The summed E-state index contributed by atoms with van der Waals surface area (Å²) in [6.07, 6.45) is -1.37. The smallest absolute Gasteiger partial charge is 0.396 e. The third-order valence-electron chi connectivity index (χ3n) is 7.20. The second-order valence-corrected chi connectivity index (χ2v) is 12.1. The lowest BCUT2D eigenvalue weighted by Crippen LogP contribution is -2.47. The second-order valence-electron chi connectivity index (χ2n) is 10.7. The number of aromatic nitrogens is 2. The van der Waals surface area contributed by atoms with E-state index in [9.17, 15) is 33.6 Å². The number of hydrogen-bond donors (Lipinski definition) is 6. The van der Waals surface area contributed by atoms with Gasteiger partial charge in [-0.2, -0.15) is 5.26 Å². The third-order valence-corrected chi connectivity index (χ3v) is 8.29. The van der Waals surface area contributed by atoms with Gasteiger partial charge < -0.3 is 49.1 Å². The Bertz CT molecular complexity index is 1480. The third kappa shape index (κ3) is 15.1. The second kappa shape index (κ2) is 24.0. The summed E-state index contributed by atoms with van der Waals surface area (Å²) >= 11 is 0. The first-order chi connectivity index (χ1) is 25.4. The van der Waals surface area contributed by atoms with Crippen LogP contribution < -0.4 is 32.5 Å². The number of methoxy groups -OCH3 is 2. The van der Waals surface area contributed by atoms with E-state index >= 15 is 0 Å². The van der Waals surface area contributed by atoms with Crippen LogP contribution in [0.2, 0.25) is 0 Å². The van der Waals surface area contributed by atoms with Crippen molar-refractivity contribution >= 4 is 38.0 Å². The molecule has 290 valence electrons. The Labute approximate surface area is 300 Å². The molecule has 2 rings (SSSR count). The molecule has 1 saturated heterocycles. The molecule has 0 spiro atoms. The van der Waals surface area contributed by atoms with Gasteiger partial charge in [-0.15, -0.1) is 0 Å². The minimum Gasteiger partial charge on any atom is -0.462 e. The number of aliphatic hydroxyl groups excluding tert-OH is 1. The number of esters is 2. The zero-order chi connectivity index (χ0) is 39.2. The molecule has 1 aromatic rings. The van der Waals surface area contributed by atoms with E-state index in [0.717, 1.165) is 24.9 Å². The number of carbonyl (C=O) groups is 5. The number of aromatic amines is 1. The fraction of sp³-hybridized carbons (Fsp3) is 0.655. The number of H-pyrrole nitrogens is 1. The van der Waals surface area contributed by atoms with Crippen LogP contribution in [0.4, 0.5) is 0 Å². The maximum absolute atomic E-state index is 12.6. The molecular weight excluding hydrogens is 715 g/mol. The summed E-state index contributed by atoms with van der Waals surface area (Å²) < 4.78 is 40.5. The highest BCUT2D eigenvalue weighted by Gasteiger charge is 2.47. The Hall–Kier alpha value is -4.33. The number of ether oxygens (including phenoxy) is 4. The summed E-state index contributed by atoms with van der Waals surface area (Å²) in [6.45, 7) is 2.39. The van der Waals surface area contributed by atoms with Gasteiger partial charge in [-0.3, -0.25) is 38.9 Å². The van der Waals surface area contributed by atoms with Gasteiger partial charge in [-0.25, -0.2) is 14.4 Å². The first-order valence-electron chi connectivity index (χ1n) is 16.3. The normalized spacial score (nSPS) is 18.9. The molecule has 0 saturated carbocycles. The van der Waals surface area contributed by atoms with Crippen molar-refractivity contribution in [2.45, 2.75) is 37.3 Å². The summed E-state index contributed by atoms with van der Waals surface area (Å²) in [5.74, 6) is -4.34. The molecule has 0 radical (unpaired) electrons. The largest absolute Gasteiger partial charge is 0.462 e. The number of nitriles is 1. The summed E-state index contributed by atoms with van der Waals surface area (Å²) in [4.78, 5) is 86.9. The number of rotatable bonds is 23. The lowest BCUT2D eigenvalue weighted by atomic mass is 10.1. The first kappa shape index (κ1) is 42.1. The number of nitrogens with one attached hydrogen (secondary N) is 5. The standard InChI is InChI=1S/C29H45N8O14P/c1-46-27(43)24(41)32-9-13-36(14-10-33-25(42)28(44)47-2)12-8-31-20(39)6-16-48-18-34-22-23(51-52(3)49-15-4-7-30)19(17-38)50-26(22)37-11-5-21(40)35-29(37)45/h5,11,19,22-23,26,34,38H,4,6,8-10,12-18H2,1-3H3,(H,31,39)(H,32,41)(H,33,42)(H,35,40,45)/t19-,22+,23?,26-,52?/m1/s1/i38T. The van der Waals surface area contributed by atoms with Crippen molar-refractivity contribution in [2.75, 3.05) is 86.7 Å². The first-order valence-corrected chi connectivity index (χ1v) is 17.6. The van der Waals surface area contributed by atoms with Crippen LogP contribution in [-0.2, 0) is 52.0 Å². The topological polar surface area (TPSA) is 291 Å². The lowest BCUT2D eigenvalue weighted by Gasteiger charge is -2.27. The summed E-state index contributed by atoms with van der Waals surface area (Å²) in [7, 11) is 0.605. The van der Waals surface area contributed by atoms with Crippen molar-refractivity contribution in [3.8, 4) is 6.07 Å². The Balaban J connectivity index is 1.93. The fourth-order valence-electron chi connectivity index (χ4n) is 4.66. The molecule has 1 aromatic heterocycles. The van der Waals surface area contributed by atoms with Crippen LogP contribution in [0.15, 0.2) is 21.9 Å². The van der Waals surface area contributed by atoms with Gasteiger partial charge in [0, 0.05) is 58.2 Å². The molecule has 23 heteroatoms. The number of aliphatic hydroxyl groups is 1. The van der Waals surface area contributed by atoms with Crippen LogP contribution in [0.5, 0.6) is 0 Å². The predicted molar refractivity (Wildman–Crippen MR) is 178 cm³/mol. The van der Waals surface area contributed by atoms with Gasteiger partial charge in [0.25, 0.3) is 5.56 Å². The average Bonchev–Trinajstić information content (AvgIpc) is 3.45. The number of carbonyl (C=O) groups excluding carboxylic acids is 5. The lowest BCUT2D eigenvalue weighted by molar-refractivity contribution is -0.152. The minimum absolute atomic E-state index is 0.0267. The van der Waals surface area contributed by atoms with E-state index in [4.69, 9.17) is 25.2 Å². The van der Waals surface area contributed by atoms with Gasteiger partial charge in [-0.1, -0.05) is 0 Å². The van der Waals surface area contributed by atoms with E-state index in [0.29, 0.717) is 0 Å². The molecule has 1 aliphatic rings. The van der Waals surface area contributed by atoms with E-state index in [2.05, 4.69) is 40.8 Å². The van der Waals surface area contributed by atoms with Crippen LogP contribution in [0.25, 0.3) is 0 Å². The highest BCUT2D eigenvalue weighted by Crippen LogP contribution is 2.41. The van der Waals surface area contributed by atoms with Gasteiger partial charge in [0.05, 0.1) is 65.7 Å². The van der Waals surface area contributed by atoms with Crippen molar-refractivity contribution in [2.24, 2.45) is 0 Å². The van der Waals surface area contributed by atoms with Gasteiger partial charge >= 0.3 is 29.4 Å². The molecule has 2 heterocycles. The summed E-state index contributed by atoms with van der Waals surface area (Å²) in [6, 6.07) is 2.32. The van der Waals surface area contributed by atoms with Crippen LogP contribution in [0, 0.1) is 11.3 Å². The van der Waals surface area contributed by atoms with Crippen molar-refractivity contribution < 1.29 is 57.1 Å². The van der Waals surface area contributed by atoms with Crippen molar-refractivity contribution in [1.82, 2.24) is 35.7 Å². The zero-order valence-electron chi connectivity index (χ0n) is 30.0. The van der Waals surface area contributed by atoms with E-state index < -0.39 is 67.9 Å². The average molecular weight is 763 g/mol. The van der Waals surface area contributed by atoms with E-state index in [-0.39, 0.29) is 84.6 Å². The molecule has 52 heavy (non-hydrogen) atoms. The maximum Gasteiger partial charge on any atom is 0.396 e. The van der Waals surface area contributed by atoms with Crippen molar-refractivity contribution in [1.29, 1.82) is 6.69 Å². The summed E-state index contributed by atoms with van der Waals surface area (Å²) in [5.41, 5.74) is -1.37. The number of nitrogens with zero attached hydrogens (tertiary/aromatic N) is 3. The maximum atomic E-state index is 12.6. The fourth-order valence-corrected chi connectivity index (χ4v) is 5.68. The molecule has 1 aliphatic heterocycles. The Morgan fingerprint density at radius 3 is 2.27 bits per heavy atom. The van der Waals surface area contributed by atoms with Crippen LogP contribution in [0.1, 0.15) is 19.1 Å². The molecular formula is C29H45N8O14P. The molecule has 6 N–H and O–H groups in total. The molecule has 22 nitrogen and oxygen atoms in total. The minimum atomic E-state index is -1.53. The molecule has 2 unspecified atom stereocenters. The SMILES string of the molecule is [3H]OC[C@H]1O[C@@H](n2ccc(=O)[nH]c2=O)[C@@H](NCOCCC(=O)NCCN(CCNC(=O)C(=O)OC)CCNC(=O)C(=O)OC)C1OP(C)OCCC#N. The Kier molecular flexibility index (Phi) is 19.4. The molecule has 5 atom stereocenters. The van der Waals surface area contributed by atoms with Gasteiger partial charge in [0.2, 0.25) is 7.34 Å². The number of hydrogen-bond acceptors (Lipinski definition) is 17. The van der Waals surface area contributed by atoms with E-state index in [1.807, 2.05) is 6.07 Å². The molecule has 0 aliphatic carbocycles. The zero-order valence-corrected chi connectivity index (χ0v) is 29.8. The van der Waals surface area contributed by atoms with Gasteiger partial charge in [-0.05, 0) is 0 Å². The van der Waals surface area contributed by atoms with Gasteiger partial charge in [0.1, 0.15) is 12.2 Å². The molecule has 1 fully saturated rings. The molecule has 3 amide bonds. The van der Waals surface area contributed by atoms with Crippen LogP contribution >= 0.6 is 8.38 Å². The monoisotopic (exact) mass is 762 g/mol. The predicted octanol–water partition coefficient (Wildman–Crippen LogP) is -4.00. The molecule has 0 aromatic carbocycles. The van der Waals surface area contributed by atoms with Crippen molar-refractivity contribution in [3.63, 3.8) is 0 Å². The Morgan fingerprint density at radius 2 is 1.69 bits per heavy atom. The van der Waals surface area contributed by atoms with Crippen LogP contribution in [-0.4, -0.2) is 156 Å². The highest BCUT2D eigenvalue weighted by molar-refractivity contribution is 7.46. The summed E-state index contributed by atoms with van der Waals surface area (Å²) in [5, 5.41) is 24.0. The highest BCUT2D eigenvalue weighted by atomic mass is 31.2. The van der Waals surface area contributed by atoms with Crippen molar-refractivity contribution in [3.05, 3.63) is 33.1 Å². The Morgan fingerprint density at radius 1 is 1.06 bits per heavy atom.